The molecule has 2 unspecified atom stereocenters. The predicted octanol–water partition coefficient (Wildman–Crippen LogP) is 4.07. The van der Waals surface area contributed by atoms with E-state index in [2.05, 4.69) is 12.2 Å². The summed E-state index contributed by atoms with van der Waals surface area (Å²) in [5, 5.41) is 0. The highest BCUT2D eigenvalue weighted by molar-refractivity contribution is 5.41. The van der Waals surface area contributed by atoms with Crippen molar-refractivity contribution in [2.45, 2.75) is 12.2 Å². The molecular formula is C18H18O3. The van der Waals surface area contributed by atoms with Crippen LogP contribution in [-0.4, -0.2) is 14.2 Å². The van der Waals surface area contributed by atoms with Crippen LogP contribution < -0.4 is 9.47 Å². The van der Waals surface area contributed by atoms with E-state index in [4.69, 9.17) is 14.2 Å². The van der Waals surface area contributed by atoms with E-state index in [1.54, 1.807) is 14.2 Å². The van der Waals surface area contributed by atoms with Gasteiger partial charge in [0.15, 0.2) is 0 Å². The van der Waals surface area contributed by atoms with Crippen LogP contribution >= 0.6 is 0 Å². The van der Waals surface area contributed by atoms with Crippen molar-refractivity contribution in [3.05, 3.63) is 71.8 Å². The van der Waals surface area contributed by atoms with Gasteiger partial charge in [0.1, 0.15) is 23.7 Å². The minimum Gasteiger partial charge on any atom is -0.496 e. The first-order chi connectivity index (χ1) is 10.3. The summed E-state index contributed by atoms with van der Waals surface area (Å²) >= 11 is 0. The molecule has 21 heavy (non-hydrogen) atoms. The molecule has 3 heteroatoms. The topological polar surface area (TPSA) is 27.7 Å². The van der Waals surface area contributed by atoms with Gasteiger partial charge in [-0.25, -0.2) is 0 Å². The maximum atomic E-state index is 6.15. The number of hydrogen-bond acceptors (Lipinski definition) is 3. The van der Waals surface area contributed by atoms with Crippen LogP contribution in [0.15, 0.2) is 60.7 Å². The Morgan fingerprint density at radius 2 is 1.14 bits per heavy atom. The van der Waals surface area contributed by atoms with Crippen LogP contribution in [0, 0.1) is 0 Å². The van der Waals surface area contributed by atoms with E-state index in [0.717, 1.165) is 22.6 Å². The largest absolute Gasteiger partial charge is 0.496 e. The van der Waals surface area contributed by atoms with Crippen molar-refractivity contribution < 1.29 is 14.2 Å². The first-order valence-electron chi connectivity index (χ1n) is 6.93. The molecule has 0 saturated heterocycles. The van der Waals surface area contributed by atoms with Crippen molar-refractivity contribution >= 4 is 0 Å². The summed E-state index contributed by atoms with van der Waals surface area (Å²) in [6.07, 6.45) is 3.93. The van der Waals surface area contributed by atoms with E-state index < -0.39 is 0 Å². The van der Waals surface area contributed by atoms with E-state index in [0.29, 0.717) is 0 Å². The fourth-order valence-electron chi connectivity index (χ4n) is 2.61. The minimum absolute atomic E-state index is 0.101. The first-order valence-corrected chi connectivity index (χ1v) is 6.93. The zero-order valence-electron chi connectivity index (χ0n) is 12.2. The van der Waals surface area contributed by atoms with Crippen molar-refractivity contribution in [3.63, 3.8) is 0 Å². The van der Waals surface area contributed by atoms with Gasteiger partial charge in [-0.3, -0.25) is 0 Å². The molecule has 3 rings (SSSR count). The van der Waals surface area contributed by atoms with E-state index in [1.165, 1.54) is 0 Å². The van der Waals surface area contributed by atoms with Crippen LogP contribution in [-0.2, 0) is 4.74 Å². The Morgan fingerprint density at radius 1 is 0.714 bits per heavy atom. The van der Waals surface area contributed by atoms with Gasteiger partial charge >= 0.3 is 0 Å². The van der Waals surface area contributed by atoms with Crippen LogP contribution in [0.4, 0.5) is 0 Å². The molecule has 1 aliphatic heterocycles. The van der Waals surface area contributed by atoms with E-state index in [1.807, 2.05) is 48.5 Å². The molecule has 1 aliphatic rings. The Balaban J connectivity index is 1.85. The average molecular weight is 282 g/mol. The zero-order chi connectivity index (χ0) is 14.7. The highest BCUT2D eigenvalue weighted by Gasteiger charge is 2.25. The van der Waals surface area contributed by atoms with Crippen molar-refractivity contribution in [2.75, 3.05) is 14.2 Å². The molecule has 0 bridgehead atoms. The van der Waals surface area contributed by atoms with Crippen LogP contribution in [0.3, 0.4) is 0 Å². The fourth-order valence-corrected chi connectivity index (χ4v) is 2.61. The zero-order valence-corrected chi connectivity index (χ0v) is 12.2. The van der Waals surface area contributed by atoms with E-state index >= 15 is 0 Å². The molecule has 0 aromatic heterocycles. The maximum Gasteiger partial charge on any atom is 0.124 e. The number of rotatable bonds is 4. The van der Waals surface area contributed by atoms with Crippen LogP contribution in [0.25, 0.3) is 0 Å². The highest BCUT2D eigenvalue weighted by atomic mass is 16.5. The molecule has 0 aliphatic carbocycles. The standard InChI is InChI=1S/C18H18O3/c1-19-15-9-5-3-7-13(15)17-11-12-18(21-17)14-8-4-6-10-16(14)20-2/h3-12,17-18H,1-2H3. The van der Waals surface area contributed by atoms with Crippen LogP contribution in [0.1, 0.15) is 23.3 Å². The summed E-state index contributed by atoms with van der Waals surface area (Å²) in [7, 11) is 3.35. The Morgan fingerprint density at radius 3 is 1.57 bits per heavy atom. The normalized spacial score (nSPS) is 20.5. The van der Waals surface area contributed by atoms with Crippen molar-refractivity contribution in [2.24, 2.45) is 0 Å². The smallest absolute Gasteiger partial charge is 0.124 e. The lowest BCUT2D eigenvalue weighted by Crippen LogP contribution is -2.04. The molecule has 0 N–H and O–H groups in total. The van der Waals surface area contributed by atoms with Gasteiger partial charge in [-0.2, -0.15) is 0 Å². The van der Waals surface area contributed by atoms with Gasteiger partial charge in [0.05, 0.1) is 14.2 Å². The lowest BCUT2D eigenvalue weighted by atomic mass is 10.1. The summed E-state index contributed by atoms with van der Waals surface area (Å²) in [5.41, 5.74) is 2.07. The predicted molar refractivity (Wildman–Crippen MR) is 81.7 cm³/mol. The monoisotopic (exact) mass is 282 g/mol. The Kier molecular flexibility index (Phi) is 3.93. The molecule has 2 aromatic rings. The summed E-state index contributed by atoms with van der Waals surface area (Å²) in [6, 6.07) is 15.8. The van der Waals surface area contributed by atoms with Gasteiger partial charge in [-0.1, -0.05) is 48.6 Å². The highest BCUT2D eigenvalue weighted by Crippen LogP contribution is 2.40. The van der Waals surface area contributed by atoms with Crippen LogP contribution in [0.5, 0.6) is 11.5 Å². The van der Waals surface area contributed by atoms with Gasteiger partial charge in [0, 0.05) is 11.1 Å². The van der Waals surface area contributed by atoms with Crippen LogP contribution in [0.2, 0.25) is 0 Å². The second kappa shape index (κ2) is 6.02. The molecule has 0 saturated carbocycles. The quantitative estimate of drug-likeness (QED) is 0.791. The molecule has 0 amide bonds. The van der Waals surface area contributed by atoms with Crippen molar-refractivity contribution in [3.8, 4) is 11.5 Å². The SMILES string of the molecule is COc1ccccc1C1C=CC(c2ccccc2OC)O1. The van der Waals surface area contributed by atoms with Gasteiger partial charge in [-0.15, -0.1) is 0 Å². The van der Waals surface area contributed by atoms with E-state index in [9.17, 15) is 0 Å². The molecule has 0 radical (unpaired) electrons. The second-order valence-electron chi connectivity index (χ2n) is 4.85. The minimum atomic E-state index is -0.101. The average Bonchev–Trinajstić information content (AvgIpc) is 3.04. The number of benzene rings is 2. The first kappa shape index (κ1) is 13.7. The molecular weight excluding hydrogens is 264 g/mol. The van der Waals surface area contributed by atoms with Crippen molar-refractivity contribution in [1.82, 2.24) is 0 Å². The number of ether oxygens (including phenoxy) is 3. The lowest BCUT2D eigenvalue weighted by molar-refractivity contribution is 0.0574. The molecule has 0 spiro atoms. The van der Waals surface area contributed by atoms with Gasteiger partial charge in [0.2, 0.25) is 0 Å². The Bertz CT molecular complexity index is 593. The molecule has 0 fully saturated rings. The summed E-state index contributed by atoms with van der Waals surface area (Å²) in [5.74, 6) is 1.68. The Labute approximate surface area is 124 Å². The molecule has 2 aromatic carbocycles. The molecule has 3 nitrogen and oxygen atoms in total. The number of methoxy groups -OCH3 is 2. The van der Waals surface area contributed by atoms with E-state index in [-0.39, 0.29) is 12.2 Å². The summed E-state index contributed by atoms with van der Waals surface area (Å²) in [4.78, 5) is 0. The molecule has 1 heterocycles. The third kappa shape index (κ3) is 2.65. The fraction of sp³-hybridized carbons (Fsp3) is 0.222. The lowest BCUT2D eigenvalue weighted by Gasteiger charge is -2.18. The second-order valence-corrected chi connectivity index (χ2v) is 4.85. The number of hydrogen-bond donors (Lipinski definition) is 0. The molecule has 108 valence electrons. The maximum absolute atomic E-state index is 6.15. The number of para-hydroxylation sites is 2. The summed E-state index contributed by atoms with van der Waals surface area (Å²) in [6.45, 7) is 0. The van der Waals surface area contributed by atoms with Gasteiger partial charge in [0.25, 0.3) is 0 Å². The van der Waals surface area contributed by atoms with Crippen molar-refractivity contribution in [1.29, 1.82) is 0 Å². The van der Waals surface area contributed by atoms with Gasteiger partial charge in [-0.05, 0) is 12.1 Å². The Hall–Kier alpha value is -2.26. The summed E-state index contributed by atoms with van der Waals surface area (Å²) < 4.78 is 17.0. The third-order valence-electron chi connectivity index (χ3n) is 3.64. The molecule has 2 atom stereocenters. The van der Waals surface area contributed by atoms with Gasteiger partial charge < -0.3 is 14.2 Å². The third-order valence-corrected chi connectivity index (χ3v) is 3.64.